The van der Waals surface area contributed by atoms with Crippen molar-refractivity contribution in [1.29, 1.82) is 0 Å². The van der Waals surface area contributed by atoms with Gasteiger partial charge in [-0.1, -0.05) is 60.7 Å². The quantitative estimate of drug-likeness (QED) is 0.220. The third-order valence-electron chi connectivity index (χ3n) is 6.73. The van der Waals surface area contributed by atoms with Crippen molar-refractivity contribution in [2.45, 2.75) is 6.42 Å². The number of rotatable bonds is 7. The molecule has 188 valence electrons. The number of aromatic amines is 1. The molecule has 0 bridgehead atoms. The van der Waals surface area contributed by atoms with E-state index in [1.165, 1.54) is 22.3 Å². The number of nitrogens with one attached hydrogen (secondary N) is 2. The first-order valence-corrected chi connectivity index (χ1v) is 13.2. The van der Waals surface area contributed by atoms with Crippen LogP contribution in [0.25, 0.3) is 43.5 Å². The molecule has 0 radical (unpaired) electrons. The lowest BCUT2D eigenvalue weighted by Gasteiger charge is -2.10. The maximum absolute atomic E-state index is 13.3. The highest BCUT2D eigenvalue weighted by atomic mass is 32.1. The van der Waals surface area contributed by atoms with Gasteiger partial charge in [-0.15, -0.1) is 11.3 Å². The fourth-order valence-corrected chi connectivity index (χ4v) is 5.81. The Morgan fingerprint density at radius 3 is 2.55 bits per heavy atom. The average Bonchev–Trinajstić information content (AvgIpc) is 3.54. The Labute approximate surface area is 224 Å². The molecule has 0 aliphatic heterocycles. The van der Waals surface area contributed by atoms with Gasteiger partial charge in [-0.05, 0) is 47.4 Å². The molecule has 0 unspecified atom stereocenters. The van der Waals surface area contributed by atoms with Gasteiger partial charge in [0.15, 0.2) is 0 Å². The average molecular weight is 519 g/mol. The standard InChI is InChI=1S/C31H26N4O2S/c1-37-22-13-11-19(12-14-22)24-17-26(20-7-3-2-4-8-20)35-31-27(24)28(32)29(38-31)30(36)33-16-15-21-18-34-25-10-6-5-9-23(21)25/h2-14,17-18,34H,15-16,32H2,1H3,(H,33,36). The van der Waals surface area contributed by atoms with E-state index in [0.717, 1.165) is 43.9 Å². The lowest BCUT2D eigenvalue weighted by Crippen LogP contribution is -2.25. The molecule has 6 rings (SSSR count). The largest absolute Gasteiger partial charge is 0.497 e. The van der Waals surface area contributed by atoms with E-state index in [-0.39, 0.29) is 5.91 Å². The number of nitrogen functional groups attached to an aromatic ring is 1. The van der Waals surface area contributed by atoms with Gasteiger partial charge in [-0.3, -0.25) is 4.79 Å². The minimum atomic E-state index is -0.188. The number of ether oxygens (including phenoxy) is 1. The molecule has 0 saturated carbocycles. The fraction of sp³-hybridized carbons (Fsp3) is 0.0968. The first kappa shape index (κ1) is 23.8. The molecule has 0 fully saturated rings. The van der Waals surface area contributed by atoms with Crippen molar-refractivity contribution in [3.05, 3.63) is 102 Å². The van der Waals surface area contributed by atoms with Crippen molar-refractivity contribution in [2.24, 2.45) is 0 Å². The third kappa shape index (κ3) is 4.37. The number of nitrogens with two attached hydrogens (primary N) is 1. The number of benzene rings is 3. The Bertz CT molecular complexity index is 1750. The molecule has 3 heterocycles. The first-order valence-electron chi connectivity index (χ1n) is 12.4. The topological polar surface area (TPSA) is 93.0 Å². The number of carbonyl (C=O) groups is 1. The number of hydrogen-bond acceptors (Lipinski definition) is 5. The van der Waals surface area contributed by atoms with Crippen molar-refractivity contribution in [2.75, 3.05) is 19.4 Å². The number of H-pyrrole nitrogens is 1. The summed E-state index contributed by atoms with van der Waals surface area (Å²) < 4.78 is 5.34. The molecule has 3 aromatic heterocycles. The third-order valence-corrected chi connectivity index (χ3v) is 7.83. The maximum Gasteiger partial charge on any atom is 0.263 e. The highest BCUT2D eigenvalue weighted by molar-refractivity contribution is 7.21. The summed E-state index contributed by atoms with van der Waals surface area (Å²) in [5.74, 6) is 0.586. The molecule has 1 amide bonds. The Kier molecular flexibility index (Phi) is 6.27. The van der Waals surface area contributed by atoms with Crippen LogP contribution in [-0.2, 0) is 6.42 Å². The number of thiophene rings is 1. The minimum absolute atomic E-state index is 0.188. The van der Waals surface area contributed by atoms with E-state index in [1.807, 2.05) is 85.1 Å². The molecule has 0 saturated heterocycles. The Morgan fingerprint density at radius 2 is 1.76 bits per heavy atom. The summed E-state index contributed by atoms with van der Waals surface area (Å²) in [7, 11) is 1.65. The van der Waals surface area contributed by atoms with E-state index in [0.29, 0.717) is 23.5 Å². The smallest absolute Gasteiger partial charge is 0.263 e. The van der Waals surface area contributed by atoms with Gasteiger partial charge in [0, 0.05) is 34.6 Å². The summed E-state index contributed by atoms with van der Waals surface area (Å²) in [4.78, 5) is 22.7. The monoisotopic (exact) mass is 518 g/mol. The summed E-state index contributed by atoms with van der Waals surface area (Å²) in [6.45, 7) is 0.502. The van der Waals surface area contributed by atoms with Crippen LogP contribution in [0.4, 0.5) is 5.69 Å². The van der Waals surface area contributed by atoms with Crippen LogP contribution >= 0.6 is 11.3 Å². The van der Waals surface area contributed by atoms with Crippen LogP contribution in [-0.4, -0.2) is 29.5 Å². The minimum Gasteiger partial charge on any atom is -0.497 e. The van der Waals surface area contributed by atoms with Crippen LogP contribution in [0.5, 0.6) is 5.75 Å². The molecule has 7 heteroatoms. The van der Waals surface area contributed by atoms with Gasteiger partial charge < -0.3 is 20.8 Å². The highest BCUT2D eigenvalue weighted by Gasteiger charge is 2.21. The number of anilines is 1. The van der Waals surface area contributed by atoms with E-state index < -0.39 is 0 Å². The van der Waals surface area contributed by atoms with E-state index in [4.69, 9.17) is 15.5 Å². The normalized spacial score (nSPS) is 11.2. The number of fused-ring (bicyclic) bond motifs is 2. The molecule has 38 heavy (non-hydrogen) atoms. The Morgan fingerprint density at radius 1 is 1.00 bits per heavy atom. The number of hydrogen-bond donors (Lipinski definition) is 3. The number of amides is 1. The number of nitrogens with zero attached hydrogens (tertiary/aromatic N) is 1. The van der Waals surface area contributed by atoms with Crippen molar-refractivity contribution < 1.29 is 9.53 Å². The summed E-state index contributed by atoms with van der Waals surface area (Å²) >= 11 is 1.33. The lowest BCUT2D eigenvalue weighted by molar-refractivity contribution is 0.0959. The van der Waals surface area contributed by atoms with Crippen LogP contribution in [0.3, 0.4) is 0 Å². The number of para-hydroxylation sites is 1. The second-order valence-electron chi connectivity index (χ2n) is 9.04. The van der Waals surface area contributed by atoms with Gasteiger partial charge >= 0.3 is 0 Å². The van der Waals surface area contributed by atoms with Gasteiger partial charge in [0.1, 0.15) is 15.5 Å². The maximum atomic E-state index is 13.3. The molecule has 6 aromatic rings. The predicted octanol–water partition coefficient (Wildman–Crippen LogP) is 6.67. The summed E-state index contributed by atoms with van der Waals surface area (Å²) in [6, 6.07) is 28.1. The van der Waals surface area contributed by atoms with Crippen LogP contribution in [0.15, 0.2) is 91.1 Å². The lowest BCUT2D eigenvalue weighted by atomic mass is 9.99. The summed E-state index contributed by atoms with van der Waals surface area (Å²) in [5, 5.41) is 5.02. The number of aromatic nitrogens is 2. The molecule has 0 aliphatic carbocycles. The SMILES string of the molecule is COc1ccc(-c2cc(-c3ccccc3)nc3sc(C(=O)NCCc4c[nH]c5ccccc45)c(N)c23)cc1. The Hall–Kier alpha value is -4.62. The molecule has 0 spiro atoms. The summed E-state index contributed by atoms with van der Waals surface area (Å²) in [6.07, 6.45) is 2.72. The van der Waals surface area contributed by atoms with Crippen molar-refractivity contribution >= 4 is 44.1 Å². The van der Waals surface area contributed by atoms with Crippen LogP contribution in [0.2, 0.25) is 0 Å². The molecule has 4 N–H and O–H groups in total. The highest BCUT2D eigenvalue weighted by Crippen LogP contribution is 2.41. The number of methoxy groups -OCH3 is 1. The van der Waals surface area contributed by atoms with Crippen molar-refractivity contribution in [1.82, 2.24) is 15.3 Å². The second-order valence-corrected chi connectivity index (χ2v) is 10.0. The van der Waals surface area contributed by atoms with E-state index in [9.17, 15) is 4.79 Å². The predicted molar refractivity (Wildman–Crippen MR) is 156 cm³/mol. The molecule has 0 atom stereocenters. The van der Waals surface area contributed by atoms with Gasteiger partial charge in [0.05, 0.1) is 18.5 Å². The fourth-order valence-electron chi connectivity index (χ4n) is 4.77. The summed E-state index contributed by atoms with van der Waals surface area (Å²) in [5.41, 5.74) is 13.1. The number of carbonyl (C=O) groups excluding carboxylic acids is 1. The zero-order chi connectivity index (χ0) is 26.1. The van der Waals surface area contributed by atoms with Crippen LogP contribution in [0, 0.1) is 0 Å². The zero-order valence-electron chi connectivity index (χ0n) is 20.8. The Balaban J connectivity index is 1.35. The van der Waals surface area contributed by atoms with E-state index >= 15 is 0 Å². The van der Waals surface area contributed by atoms with Gasteiger partial charge in [-0.2, -0.15) is 0 Å². The van der Waals surface area contributed by atoms with Gasteiger partial charge in [0.25, 0.3) is 5.91 Å². The molecule has 6 nitrogen and oxygen atoms in total. The van der Waals surface area contributed by atoms with Crippen molar-refractivity contribution in [3.8, 4) is 28.1 Å². The second kappa shape index (κ2) is 10.0. The molecule has 0 aliphatic rings. The molecular formula is C31H26N4O2S. The van der Waals surface area contributed by atoms with Gasteiger partial charge in [0.2, 0.25) is 0 Å². The van der Waals surface area contributed by atoms with Gasteiger partial charge in [-0.25, -0.2) is 4.98 Å². The number of pyridine rings is 1. The van der Waals surface area contributed by atoms with E-state index in [2.05, 4.69) is 16.4 Å². The van der Waals surface area contributed by atoms with Crippen LogP contribution in [0.1, 0.15) is 15.2 Å². The molecule has 3 aromatic carbocycles. The van der Waals surface area contributed by atoms with E-state index in [1.54, 1.807) is 7.11 Å². The van der Waals surface area contributed by atoms with Crippen LogP contribution < -0.4 is 15.8 Å². The van der Waals surface area contributed by atoms with Crippen molar-refractivity contribution in [3.63, 3.8) is 0 Å². The zero-order valence-corrected chi connectivity index (χ0v) is 21.6. The first-order chi connectivity index (χ1) is 18.6. The molecular weight excluding hydrogens is 492 g/mol.